The molecule has 1 unspecified atom stereocenters. The fourth-order valence-electron chi connectivity index (χ4n) is 4.76. The number of nitrogens with one attached hydrogen (secondary N) is 1. The van der Waals surface area contributed by atoms with Crippen molar-refractivity contribution in [3.8, 4) is 0 Å². The molecule has 0 radical (unpaired) electrons. The first-order chi connectivity index (χ1) is 13.7. The Balaban J connectivity index is 1.61. The number of hydrogen-bond acceptors (Lipinski definition) is 3. The molecule has 29 heavy (non-hydrogen) atoms. The molecule has 2 aromatic rings. The molecule has 1 heterocycles. The Morgan fingerprint density at radius 3 is 2.38 bits per heavy atom. The summed E-state index contributed by atoms with van der Waals surface area (Å²) in [5.74, 6) is -0.599. The van der Waals surface area contributed by atoms with Crippen LogP contribution < -0.4 is 5.32 Å². The topological polar surface area (TPSA) is 66.5 Å². The van der Waals surface area contributed by atoms with E-state index in [1.54, 1.807) is 6.92 Å². The van der Waals surface area contributed by atoms with E-state index in [0.717, 1.165) is 46.4 Å². The summed E-state index contributed by atoms with van der Waals surface area (Å²) in [6.07, 6.45) is 3.17. The lowest BCUT2D eigenvalue weighted by Gasteiger charge is -2.23. The number of ketones is 1. The van der Waals surface area contributed by atoms with Gasteiger partial charge in [-0.15, -0.1) is 0 Å². The minimum atomic E-state index is -1.15. The van der Waals surface area contributed by atoms with Crippen LogP contribution in [0.25, 0.3) is 0 Å². The Bertz CT molecular complexity index is 1030. The lowest BCUT2D eigenvalue weighted by molar-refractivity contribution is -0.130. The Kier molecular flexibility index (Phi) is 4.56. The summed E-state index contributed by atoms with van der Waals surface area (Å²) in [6.45, 7) is 7.21. The van der Waals surface area contributed by atoms with E-state index < -0.39 is 11.6 Å². The molecule has 1 N–H and O–H groups in total. The van der Waals surface area contributed by atoms with Crippen molar-refractivity contribution in [1.82, 2.24) is 10.2 Å². The lowest BCUT2D eigenvalue weighted by atomic mass is 9.89. The van der Waals surface area contributed by atoms with Gasteiger partial charge in [-0.2, -0.15) is 0 Å². The highest BCUT2D eigenvalue weighted by atomic mass is 16.2. The third-order valence-corrected chi connectivity index (χ3v) is 6.21. The van der Waals surface area contributed by atoms with Gasteiger partial charge in [0.1, 0.15) is 5.54 Å². The van der Waals surface area contributed by atoms with E-state index in [1.165, 1.54) is 11.1 Å². The quantitative estimate of drug-likeness (QED) is 0.639. The zero-order chi connectivity index (χ0) is 20.9. The summed E-state index contributed by atoms with van der Waals surface area (Å²) in [4.78, 5) is 39.9. The molecule has 2 aromatic carbocycles. The number of amides is 3. The van der Waals surface area contributed by atoms with Crippen molar-refractivity contribution >= 4 is 17.7 Å². The zero-order valence-electron chi connectivity index (χ0n) is 17.4. The summed E-state index contributed by atoms with van der Waals surface area (Å²) in [5.41, 5.74) is 5.57. The highest BCUT2D eigenvalue weighted by molar-refractivity contribution is 6.11. The van der Waals surface area contributed by atoms with E-state index in [4.69, 9.17) is 0 Å². The molecule has 1 fully saturated rings. The first-order valence-electron chi connectivity index (χ1n) is 10.1. The molecule has 3 amide bonds. The number of hydrogen-bond donors (Lipinski definition) is 1. The van der Waals surface area contributed by atoms with Gasteiger partial charge in [0.25, 0.3) is 5.91 Å². The Labute approximate surface area is 171 Å². The summed E-state index contributed by atoms with van der Waals surface area (Å²) in [5, 5.41) is 2.82. The van der Waals surface area contributed by atoms with Crippen molar-refractivity contribution in [3.05, 3.63) is 69.3 Å². The van der Waals surface area contributed by atoms with Gasteiger partial charge in [0.2, 0.25) is 0 Å². The van der Waals surface area contributed by atoms with Gasteiger partial charge in [0.05, 0.1) is 6.54 Å². The molecular formula is C24H26N2O3. The monoisotopic (exact) mass is 390 g/mol. The van der Waals surface area contributed by atoms with E-state index in [1.807, 2.05) is 45.0 Å². The predicted octanol–water partition coefficient (Wildman–Crippen LogP) is 3.75. The van der Waals surface area contributed by atoms with Crippen LogP contribution in [0, 0.1) is 20.8 Å². The molecule has 0 saturated carbocycles. The van der Waals surface area contributed by atoms with E-state index in [0.29, 0.717) is 5.56 Å². The van der Waals surface area contributed by atoms with Gasteiger partial charge in [0, 0.05) is 5.56 Å². The number of Topliss-reactive ketones (excluding diaryl/α,β-unsaturated/α-hetero) is 1. The largest absolute Gasteiger partial charge is 0.325 e. The van der Waals surface area contributed by atoms with Crippen LogP contribution in [0.15, 0.2) is 30.3 Å². The number of carbonyl (C=O) groups excluding carboxylic acids is 3. The number of urea groups is 1. The van der Waals surface area contributed by atoms with Crippen molar-refractivity contribution in [1.29, 1.82) is 0 Å². The molecule has 4 rings (SSSR count). The van der Waals surface area contributed by atoms with Crippen molar-refractivity contribution < 1.29 is 14.4 Å². The second-order valence-electron chi connectivity index (χ2n) is 8.48. The molecule has 5 heteroatoms. The molecule has 0 spiro atoms. The van der Waals surface area contributed by atoms with E-state index in [-0.39, 0.29) is 18.2 Å². The van der Waals surface area contributed by atoms with Crippen LogP contribution in [-0.2, 0) is 23.2 Å². The van der Waals surface area contributed by atoms with Crippen LogP contribution in [0.2, 0.25) is 0 Å². The summed E-state index contributed by atoms with van der Waals surface area (Å²) in [6, 6.07) is 9.37. The third-order valence-electron chi connectivity index (χ3n) is 6.21. The number of aryl methyl sites for hydroxylation is 5. The second kappa shape index (κ2) is 6.83. The van der Waals surface area contributed by atoms with Crippen LogP contribution in [0.4, 0.5) is 4.79 Å². The molecule has 1 aliphatic heterocycles. The van der Waals surface area contributed by atoms with E-state index in [9.17, 15) is 14.4 Å². The first kappa shape index (κ1) is 19.4. The maximum atomic E-state index is 13.2. The van der Waals surface area contributed by atoms with Gasteiger partial charge in [-0.05, 0) is 74.8 Å². The molecule has 2 aliphatic rings. The number of carbonyl (C=O) groups is 3. The van der Waals surface area contributed by atoms with Gasteiger partial charge >= 0.3 is 6.03 Å². The van der Waals surface area contributed by atoms with Gasteiger partial charge in [-0.3, -0.25) is 14.5 Å². The van der Waals surface area contributed by atoms with Gasteiger partial charge in [-0.25, -0.2) is 4.79 Å². The van der Waals surface area contributed by atoms with Crippen LogP contribution in [0.1, 0.15) is 57.1 Å². The average molecular weight is 390 g/mol. The number of fused-ring (bicyclic) bond motifs is 1. The smallest absolute Gasteiger partial charge is 0.319 e. The molecule has 0 aromatic heterocycles. The third kappa shape index (κ3) is 3.15. The highest BCUT2D eigenvalue weighted by Gasteiger charge is 2.49. The second-order valence-corrected chi connectivity index (χ2v) is 8.48. The first-order valence-corrected chi connectivity index (χ1v) is 10.1. The number of imide groups is 1. The minimum Gasteiger partial charge on any atom is -0.319 e. The number of benzene rings is 2. The SMILES string of the molecule is Cc1cc(C)c(C(=O)CN2C(=O)NC(C)(c3ccc4c(c3)CCC4)C2=O)c(C)c1. The van der Waals surface area contributed by atoms with Crippen molar-refractivity contribution in [2.24, 2.45) is 0 Å². The standard InChI is InChI=1S/C24H26N2O3/c1-14-10-15(2)21(16(3)11-14)20(27)13-26-22(28)24(4,25-23(26)29)19-9-8-17-6-5-7-18(17)12-19/h8-12H,5-7,13H2,1-4H3,(H,25,29). The Hall–Kier alpha value is -2.95. The lowest BCUT2D eigenvalue weighted by Crippen LogP contribution is -2.41. The molecular weight excluding hydrogens is 364 g/mol. The Morgan fingerprint density at radius 2 is 1.69 bits per heavy atom. The maximum Gasteiger partial charge on any atom is 0.325 e. The fourth-order valence-corrected chi connectivity index (χ4v) is 4.76. The minimum absolute atomic E-state index is 0.221. The molecule has 5 nitrogen and oxygen atoms in total. The highest BCUT2D eigenvalue weighted by Crippen LogP contribution is 2.33. The number of nitrogens with zero attached hydrogens (tertiary/aromatic N) is 1. The number of rotatable bonds is 4. The fraction of sp³-hybridized carbons (Fsp3) is 0.375. The van der Waals surface area contributed by atoms with Crippen molar-refractivity contribution in [3.63, 3.8) is 0 Å². The average Bonchev–Trinajstić information content (AvgIpc) is 3.19. The van der Waals surface area contributed by atoms with Gasteiger partial charge in [0.15, 0.2) is 5.78 Å². The van der Waals surface area contributed by atoms with Crippen LogP contribution in [0.5, 0.6) is 0 Å². The van der Waals surface area contributed by atoms with Crippen LogP contribution in [0.3, 0.4) is 0 Å². The zero-order valence-corrected chi connectivity index (χ0v) is 17.4. The predicted molar refractivity (Wildman–Crippen MR) is 111 cm³/mol. The van der Waals surface area contributed by atoms with Gasteiger partial charge in [-0.1, -0.05) is 35.9 Å². The van der Waals surface area contributed by atoms with Crippen molar-refractivity contribution in [2.75, 3.05) is 6.54 Å². The normalized spacial score (nSPS) is 20.8. The molecule has 1 aliphatic carbocycles. The van der Waals surface area contributed by atoms with Crippen molar-refractivity contribution in [2.45, 2.75) is 52.5 Å². The molecule has 1 atom stereocenters. The molecule has 1 saturated heterocycles. The molecule has 0 bridgehead atoms. The summed E-state index contributed by atoms with van der Waals surface area (Å²) in [7, 11) is 0. The van der Waals surface area contributed by atoms with Crippen LogP contribution in [-0.4, -0.2) is 29.2 Å². The van der Waals surface area contributed by atoms with Gasteiger partial charge < -0.3 is 5.32 Å². The van der Waals surface area contributed by atoms with E-state index >= 15 is 0 Å². The summed E-state index contributed by atoms with van der Waals surface area (Å²) < 4.78 is 0. The Morgan fingerprint density at radius 1 is 1.03 bits per heavy atom. The van der Waals surface area contributed by atoms with Crippen LogP contribution >= 0.6 is 0 Å². The maximum absolute atomic E-state index is 13.2. The molecule has 150 valence electrons. The van der Waals surface area contributed by atoms with E-state index in [2.05, 4.69) is 11.4 Å². The summed E-state index contributed by atoms with van der Waals surface area (Å²) >= 11 is 0.